The zero-order valence-electron chi connectivity index (χ0n) is 26.1. The molecule has 4 rings (SSSR count). The Hall–Kier alpha value is -3.75. The molecule has 1 heterocycles. The molecule has 1 unspecified atom stereocenters. The fourth-order valence-corrected chi connectivity index (χ4v) is 5.66. The van der Waals surface area contributed by atoms with E-state index in [4.69, 9.17) is 25.8 Å². The summed E-state index contributed by atoms with van der Waals surface area (Å²) in [5.41, 5.74) is 5.35. The molecule has 0 saturated carbocycles. The second-order valence-electron chi connectivity index (χ2n) is 12.0. The van der Waals surface area contributed by atoms with Crippen LogP contribution in [-0.4, -0.2) is 60.8 Å². The maximum absolute atomic E-state index is 12.9. The molecule has 1 saturated heterocycles. The van der Waals surface area contributed by atoms with E-state index < -0.39 is 5.60 Å². The van der Waals surface area contributed by atoms with E-state index in [0.29, 0.717) is 42.7 Å². The van der Waals surface area contributed by atoms with E-state index in [1.165, 1.54) is 0 Å². The van der Waals surface area contributed by atoms with Gasteiger partial charge >= 0.3 is 6.09 Å². The Bertz CT molecular complexity index is 1450. The number of piperazine rings is 1. The Balaban J connectivity index is 1.46. The van der Waals surface area contributed by atoms with Crippen LogP contribution in [-0.2, 0) is 16.1 Å². The zero-order chi connectivity index (χ0) is 31.3. The molecular formula is C34H42ClN3O5. The third kappa shape index (κ3) is 8.42. The first kappa shape index (κ1) is 32.2. The van der Waals surface area contributed by atoms with Crippen molar-refractivity contribution >= 4 is 29.3 Å². The highest BCUT2D eigenvalue weighted by atomic mass is 35.5. The number of carbonyl (C=O) groups excluding carboxylic acids is 2. The van der Waals surface area contributed by atoms with Gasteiger partial charge < -0.3 is 24.4 Å². The highest BCUT2D eigenvalue weighted by Gasteiger charge is 2.34. The summed E-state index contributed by atoms with van der Waals surface area (Å²) >= 11 is 6.63. The number of hydrogen-bond acceptors (Lipinski definition) is 6. The molecule has 8 nitrogen and oxygen atoms in total. The van der Waals surface area contributed by atoms with Gasteiger partial charge in [0.2, 0.25) is 0 Å². The number of halogens is 1. The molecule has 230 valence electrons. The van der Waals surface area contributed by atoms with Crippen molar-refractivity contribution in [1.29, 1.82) is 0 Å². The Kier molecular flexibility index (Phi) is 10.2. The molecule has 1 aliphatic heterocycles. The highest BCUT2D eigenvalue weighted by Crippen LogP contribution is 2.34. The summed E-state index contributed by atoms with van der Waals surface area (Å²) in [7, 11) is 1.58. The van der Waals surface area contributed by atoms with Crippen LogP contribution in [0.4, 0.5) is 10.5 Å². The van der Waals surface area contributed by atoms with Crippen molar-refractivity contribution < 1.29 is 23.8 Å². The fourth-order valence-electron chi connectivity index (χ4n) is 5.40. The van der Waals surface area contributed by atoms with Crippen molar-refractivity contribution in [3.8, 4) is 11.5 Å². The molecule has 0 bridgehead atoms. The summed E-state index contributed by atoms with van der Waals surface area (Å²) in [6, 6.07) is 17.4. The Labute approximate surface area is 259 Å². The first-order chi connectivity index (χ1) is 20.3. The van der Waals surface area contributed by atoms with Crippen molar-refractivity contribution in [2.24, 2.45) is 0 Å². The van der Waals surface area contributed by atoms with E-state index in [-0.39, 0.29) is 24.6 Å². The molecule has 3 aromatic carbocycles. The van der Waals surface area contributed by atoms with Gasteiger partial charge in [0, 0.05) is 36.9 Å². The standard InChI is InChI=1S/C34H42ClN3O5/c1-22-16-23(2)32(24(3)17-22)36-31(39)21-42-29-13-12-25(18-30(29)41-7)19-37-14-15-38(33(40)43-34(4,5)6)20-28(37)26-10-8-9-11-27(26)35/h8-13,16-18,28H,14-15,19-21H2,1-7H3,(H,36,39). The first-order valence-corrected chi connectivity index (χ1v) is 14.9. The average Bonchev–Trinajstić information content (AvgIpc) is 2.93. The molecule has 0 spiro atoms. The maximum Gasteiger partial charge on any atom is 0.410 e. The van der Waals surface area contributed by atoms with E-state index >= 15 is 0 Å². The minimum Gasteiger partial charge on any atom is -0.493 e. The van der Waals surface area contributed by atoms with Crippen LogP contribution in [0.15, 0.2) is 54.6 Å². The number of carbonyl (C=O) groups is 2. The SMILES string of the molecule is COc1cc(CN2CCN(C(=O)OC(C)(C)C)CC2c2ccccc2Cl)ccc1OCC(=O)Nc1c(C)cc(C)cc1C. The number of nitrogens with zero attached hydrogens (tertiary/aromatic N) is 2. The van der Waals surface area contributed by atoms with E-state index in [1.54, 1.807) is 12.0 Å². The minimum atomic E-state index is -0.576. The molecule has 0 radical (unpaired) electrons. The second-order valence-corrected chi connectivity index (χ2v) is 12.4. The number of anilines is 1. The molecule has 3 aromatic rings. The van der Waals surface area contributed by atoms with Gasteiger partial charge in [-0.05, 0) is 82.0 Å². The third-order valence-electron chi connectivity index (χ3n) is 7.32. The predicted molar refractivity (Wildman–Crippen MR) is 170 cm³/mol. The molecule has 0 aliphatic carbocycles. The lowest BCUT2D eigenvalue weighted by atomic mass is 10.0. The second kappa shape index (κ2) is 13.7. The first-order valence-electron chi connectivity index (χ1n) is 14.5. The number of methoxy groups -OCH3 is 1. The number of ether oxygens (including phenoxy) is 3. The van der Waals surface area contributed by atoms with Crippen LogP contribution in [0.3, 0.4) is 0 Å². The summed E-state index contributed by atoms with van der Waals surface area (Å²) in [4.78, 5) is 29.7. The van der Waals surface area contributed by atoms with Gasteiger partial charge in [-0.15, -0.1) is 0 Å². The van der Waals surface area contributed by atoms with Gasteiger partial charge in [0.05, 0.1) is 13.2 Å². The Morgan fingerprint density at radius 3 is 2.33 bits per heavy atom. The average molecular weight is 608 g/mol. The van der Waals surface area contributed by atoms with Crippen molar-refractivity contribution in [1.82, 2.24) is 9.80 Å². The molecule has 2 amide bonds. The minimum absolute atomic E-state index is 0.130. The van der Waals surface area contributed by atoms with Crippen molar-refractivity contribution in [2.75, 3.05) is 38.7 Å². The van der Waals surface area contributed by atoms with Gasteiger partial charge in [-0.2, -0.15) is 0 Å². The van der Waals surface area contributed by atoms with Crippen LogP contribution in [0.2, 0.25) is 5.02 Å². The van der Waals surface area contributed by atoms with Crippen molar-refractivity contribution in [3.63, 3.8) is 0 Å². The van der Waals surface area contributed by atoms with Gasteiger partial charge in [-0.3, -0.25) is 9.69 Å². The van der Waals surface area contributed by atoms with E-state index in [1.807, 2.05) is 96.1 Å². The van der Waals surface area contributed by atoms with Crippen molar-refractivity contribution in [2.45, 2.75) is 59.7 Å². The van der Waals surface area contributed by atoms with E-state index in [0.717, 1.165) is 33.5 Å². The summed E-state index contributed by atoms with van der Waals surface area (Å²) in [5.74, 6) is 0.775. The molecule has 1 atom stereocenters. The quantitative estimate of drug-likeness (QED) is 0.295. The molecular weight excluding hydrogens is 566 g/mol. The summed E-state index contributed by atoms with van der Waals surface area (Å²) in [6.45, 7) is 13.7. The van der Waals surface area contributed by atoms with Crippen LogP contribution < -0.4 is 14.8 Å². The lowest BCUT2D eigenvalue weighted by Gasteiger charge is -2.42. The van der Waals surface area contributed by atoms with Gasteiger partial charge in [-0.1, -0.05) is 53.6 Å². The van der Waals surface area contributed by atoms with Gasteiger partial charge in [0.1, 0.15) is 5.60 Å². The lowest BCUT2D eigenvalue weighted by molar-refractivity contribution is -0.118. The van der Waals surface area contributed by atoms with Gasteiger partial charge in [-0.25, -0.2) is 4.79 Å². The predicted octanol–water partition coefficient (Wildman–Crippen LogP) is 7.09. The normalized spacial score (nSPS) is 15.6. The van der Waals surface area contributed by atoms with Crippen molar-refractivity contribution in [3.05, 3.63) is 87.4 Å². The fraction of sp³-hybridized carbons (Fsp3) is 0.412. The molecule has 9 heteroatoms. The van der Waals surface area contributed by atoms with Crippen LogP contribution in [0.1, 0.15) is 54.6 Å². The number of benzene rings is 3. The smallest absolute Gasteiger partial charge is 0.410 e. The molecule has 43 heavy (non-hydrogen) atoms. The Morgan fingerprint density at radius 1 is 0.977 bits per heavy atom. The molecule has 1 aliphatic rings. The zero-order valence-corrected chi connectivity index (χ0v) is 26.9. The number of nitrogens with one attached hydrogen (secondary N) is 1. The molecule has 0 aromatic heterocycles. The van der Waals surface area contributed by atoms with E-state index in [9.17, 15) is 9.59 Å². The van der Waals surface area contributed by atoms with Gasteiger partial charge in [0.15, 0.2) is 18.1 Å². The summed E-state index contributed by atoms with van der Waals surface area (Å²) < 4.78 is 17.2. The molecule has 1 fully saturated rings. The maximum atomic E-state index is 12.9. The highest BCUT2D eigenvalue weighted by molar-refractivity contribution is 6.31. The summed E-state index contributed by atoms with van der Waals surface area (Å²) in [6.07, 6.45) is -0.330. The monoisotopic (exact) mass is 607 g/mol. The Morgan fingerprint density at radius 2 is 1.67 bits per heavy atom. The van der Waals surface area contributed by atoms with Gasteiger partial charge in [0.25, 0.3) is 5.91 Å². The largest absolute Gasteiger partial charge is 0.493 e. The number of amides is 2. The van der Waals surface area contributed by atoms with E-state index in [2.05, 4.69) is 10.2 Å². The van der Waals surface area contributed by atoms with Crippen LogP contribution in [0.5, 0.6) is 11.5 Å². The molecule has 1 N–H and O–H groups in total. The summed E-state index contributed by atoms with van der Waals surface area (Å²) in [5, 5.41) is 3.62. The third-order valence-corrected chi connectivity index (χ3v) is 7.67. The number of hydrogen-bond donors (Lipinski definition) is 1. The topological polar surface area (TPSA) is 80.3 Å². The number of rotatable bonds is 8. The number of aryl methyl sites for hydroxylation is 3. The van der Waals surface area contributed by atoms with Crippen LogP contribution in [0.25, 0.3) is 0 Å². The van der Waals surface area contributed by atoms with Crippen LogP contribution >= 0.6 is 11.6 Å². The lowest BCUT2D eigenvalue weighted by Crippen LogP contribution is -2.51. The van der Waals surface area contributed by atoms with Crippen LogP contribution in [0, 0.1) is 20.8 Å².